The van der Waals surface area contributed by atoms with E-state index < -0.39 is 0 Å². The van der Waals surface area contributed by atoms with Crippen LogP contribution >= 0.6 is 0 Å². The molecule has 0 aliphatic carbocycles. The molecular formula is C13H22N4O. The van der Waals surface area contributed by atoms with Crippen molar-refractivity contribution < 1.29 is 4.79 Å². The number of carbonyl (C=O) groups is 1. The van der Waals surface area contributed by atoms with Gasteiger partial charge in [0, 0.05) is 38.4 Å². The number of rotatable bonds is 4. The lowest BCUT2D eigenvalue weighted by atomic mass is 9.97. The summed E-state index contributed by atoms with van der Waals surface area (Å²) in [6.07, 6.45) is 4.76. The van der Waals surface area contributed by atoms with E-state index in [0.29, 0.717) is 6.54 Å². The first-order chi connectivity index (χ1) is 8.66. The average molecular weight is 250 g/mol. The molecule has 1 aliphatic heterocycles. The zero-order chi connectivity index (χ0) is 13.0. The summed E-state index contributed by atoms with van der Waals surface area (Å²) in [5.74, 6) is 0.360. The molecule has 0 bridgehead atoms. The molecule has 18 heavy (non-hydrogen) atoms. The molecule has 0 aromatic carbocycles. The Bertz CT molecular complexity index is 401. The monoisotopic (exact) mass is 250 g/mol. The van der Waals surface area contributed by atoms with Gasteiger partial charge < -0.3 is 10.2 Å². The molecule has 1 amide bonds. The largest absolute Gasteiger partial charge is 0.355 e. The fourth-order valence-electron chi connectivity index (χ4n) is 2.49. The maximum atomic E-state index is 12.0. The molecule has 2 heterocycles. The van der Waals surface area contributed by atoms with E-state index in [0.717, 1.165) is 38.0 Å². The number of aryl methyl sites for hydroxylation is 1. The van der Waals surface area contributed by atoms with Gasteiger partial charge in [0.25, 0.3) is 0 Å². The molecule has 1 saturated heterocycles. The van der Waals surface area contributed by atoms with Gasteiger partial charge in [-0.2, -0.15) is 5.10 Å². The van der Waals surface area contributed by atoms with Crippen molar-refractivity contribution in [2.45, 2.75) is 19.3 Å². The number of hydrogen-bond acceptors (Lipinski definition) is 3. The second kappa shape index (κ2) is 6.00. The van der Waals surface area contributed by atoms with Crippen LogP contribution in [0.15, 0.2) is 12.3 Å². The summed E-state index contributed by atoms with van der Waals surface area (Å²) in [7, 11) is 4.00. The van der Waals surface area contributed by atoms with Crippen LogP contribution in [0.3, 0.4) is 0 Å². The topological polar surface area (TPSA) is 50.2 Å². The number of nitrogens with zero attached hydrogens (tertiary/aromatic N) is 3. The molecule has 1 atom stereocenters. The summed E-state index contributed by atoms with van der Waals surface area (Å²) in [5.41, 5.74) is 1.15. The average Bonchev–Trinajstić information content (AvgIpc) is 2.75. The van der Waals surface area contributed by atoms with E-state index in [9.17, 15) is 4.79 Å². The minimum Gasteiger partial charge on any atom is -0.355 e. The van der Waals surface area contributed by atoms with Gasteiger partial charge in [-0.3, -0.25) is 9.48 Å². The number of piperidine rings is 1. The van der Waals surface area contributed by atoms with E-state index in [2.05, 4.69) is 22.4 Å². The van der Waals surface area contributed by atoms with Gasteiger partial charge in [0.2, 0.25) is 5.91 Å². The van der Waals surface area contributed by atoms with Gasteiger partial charge in [-0.1, -0.05) is 0 Å². The van der Waals surface area contributed by atoms with Gasteiger partial charge in [0.05, 0.1) is 5.92 Å². The molecule has 0 spiro atoms. The normalized spacial score (nSPS) is 20.9. The summed E-state index contributed by atoms with van der Waals surface area (Å²) < 4.78 is 1.85. The molecule has 5 heteroatoms. The summed E-state index contributed by atoms with van der Waals surface area (Å²) >= 11 is 0. The first kappa shape index (κ1) is 13.1. The molecule has 0 saturated carbocycles. The first-order valence-electron chi connectivity index (χ1n) is 6.60. The van der Waals surface area contributed by atoms with Crippen LogP contribution in [0.5, 0.6) is 0 Å². The Morgan fingerprint density at radius 1 is 1.56 bits per heavy atom. The fourth-order valence-corrected chi connectivity index (χ4v) is 2.49. The maximum absolute atomic E-state index is 12.0. The standard InChI is InChI=1S/C13H22N4O/c1-16-9-3-4-11(10-16)13(18)14-7-5-12-6-8-15-17(12)2/h6,8,11H,3-5,7,9-10H2,1-2H3,(H,14,18)/t11-/m1/s1. The molecule has 1 aromatic rings. The van der Waals surface area contributed by atoms with Crippen molar-refractivity contribution in [1.29, 1.82) is 0 Å². The predicted molar refractivity (Wildman–Crippen MR) is 70.1 cm³/mol. The molecule has 1 aromatic heterocycles. The highest BCUT2D eigenvalue weighted by atomic mass is 16.1. The third-order valence-corrected chi connectivity index (χ3v) is 3.60. The third-order valence-electron chi connectivity index (χ3n) is 3.60. The van der Waals surface area contributed by atoms with Gasteiger partial charge >= 0.3 is 0 Å². The Kier molecular flexibility index (Phi) is 4.36. The maximum Gasteiger partial charge on any atom is 0.224 e. The van der Waals surface area contributed by atoms with Gasteiger partial charge in [0.1, 0.15) is 0 Å². The zero-order valence-electron chi connectivity index (χ0n) is 11.2. The van der Waals surface area contributed by atoms with E-state index >= 15 is 0 Å². The van der Waals surface area contributed by atoms with E-state index in [4.69, 9.17) is 0 Å². The van der Waals surface area contributed by atoms with Crippen LogP contribution in [-0.4, -0.2) is 47.3 Å². The van der Waals surface area contributed by atoms with Crippen molar-refractivity contribution in [3.05, 3.63) is 18.0 Å². The second-order valence-electron chi connectivity index (χ2n) is 5.09. The number of carbonyl (C=O) groups excluding carboxylic acids is 1. The number of hydrogen-bond donors (Lipinski definition) is 1. The van der Waals surface area contributed by atoms with Crippen LogP contribution in [0, 0.1) is 5.92 Å². The summed E-state index contributed by atoms with van der Waals surface area (Å²) in [4.78, 5) is 14.2. The lowest BCUT2D eigenvalue weighted by Gasteiger charge is -2.28. The molecular weight excluding hydrogens is 228 g/mol. The van der Waals surface area contributed by atoms with Gasteiger partial charge in [-0.25, -0.2) is 0 Å². The minimum atomic E-state index is 0.162. The van der Waals surface area contributed by atoms with E-state index in [1.807, 2.05) is 17.8 Å². The van der Waals surface area contributed by atoms with Gasteiger partial charge in [-0.15, -0.1) is 0 Å². The number of aromatic nitrogens is 2. The fraction of sp³-hybridized carbons (Fsp3) is 0.692. The Morgan fingerprint density at radius 3 is 3.06 bits per heavy atom. The molecule has 0 unspecified atom stereocenters. The molecule has 0 radical (unpaired) electrons. The molecule has 100 valence electrons. The summed E-state index contributed by atoms with van der Waals surface area (Å²) in [5, 5.41) is 7.14. The van der Waals surface area contributed by atoms with Crippen LogP contribution in [0.2, 0.25) is 0 Å². The van der Waals surface area contributed by atoms with Gasteiger partial charge in [0.15, 0.2) is 0 Å². The third kappa shape index (κ3) is 3.32. The molecule has 1 N–H and O–H groups in total. The number of likely N-dealkylation sites (tertiary alicyclic amines) is 1. The van der Waals surface area contributed by atoms with Crippen LogP contribution < -0.4 is 5.32 Å². The van der Waals surface area contributed by atoms with Crippen molar-refractivity contribution in [3.8, 4) is 0 Å². The molecule has 2 rings (SSSR count). The highest BCUT2D eigenvalue weighted by molar-refractivity contribution is 5.78. The smallest absolute Gasteiger partial charge is 0.224 e. The van der Waals surface area contributed by atoms with E-state index in [1.54, 1.807) is 6.20 Å². The van der Waals surface area contributed by atoms with Gasteiger partial charge in [-0.05, 0) is 32.5 Å². The number of nitrogens with one attached hydrogen (secondary N) is 1. The van der Waals surface area contributed by atoms with Crippen molar-refractivity contribution in [3.63, 3.8) is 0 Å². The minimum absolute atomic E-state index is 0.162. The molecule has 1 fully saturated rings. The summed E-state index contributed by atoms with van der Waals surface area (Å²) in [6, 6.07) is 1.99. The molecule has 1 aliphatic rings. The van der Waals surface area contributed by atoms with Crippen molar-refractivity contribution >= 4 is 5.91 Å². The molecule has 5 nitrogen and oxygen atoms in total. The Hall–Kier alpha value is -1.36. The Labute approximate surface area is 108 Å². The van der Waals surface area contributed by atoms with Crippen LogP contribution in [0.25, 0.3) is 0 Å². The number of amides is 1. The zero-order valence-corrected chi connectivity index (χ0v) is 11.2. The lowest BCUT2D eigenvalue weighted by molar-refractivity contribution is -0.126. The van der Waals surface area contributed by atoms with E-state index in [1.165, 1.54) is 0 Å². The Morgan fingerprint density at radius 2 is 2.39 bits per heavy atom. The van der Waals surface area contributed by atoms with Crippen LogP contribution in [-0.2, 0) is 18.3 Å². The SMILES string of the molecule is CN1CCC[C@@H](C(=O)NCCc2ccnn2C)C1. The second-order valence-corrected chi connectivity index (χ2v) is 5.09. The Balaban J connectivity index is 1.73. The highest BCUT2D eigenvalue weighted by Gasteiger charge is 2.23. The van der Waals surface area contributed by atoms with Crippen molar-refractivity contribution in [2.75, 3.05) is 26.7 Å². The quantitative estimate of drug-likeness (QED) is 0.842. The first-order valence-corrected chi connectivity index (χ1v) is 6.60. The lowest BCUT2D eigenvalue weighted by Crippen LogP contribution is -2.41. The predicted octanol–water partition coefficient (Wildman–Crippen LogP) is 0.421. The van der Waals surface area contributed by atoms with E-state index in [-0.39, 0.29) is 11.8 Å². The summed E-state index contributed by atoms with van der Waals surface area (Å²) in [6.45, 7) is 2.69. The highest BCUT2D eigenvalue weighted by Crippen LogP contribution is 2.14. The van der Waals surface area contributed by atoms with Crippen molar-refractivity contribution in [1.82, 2.24) is 20.0 Å². The van der Waals surface area contributed by atoms with Crippen LogP contribution in [0.1, 0.15) is 18.5 Å². The van der Waals surface area contributed by atoms with Crippen molar-refractivity contribution in [2.24, 2.45) is 13.0 Å². The van der Waals surface area contributed by atoms with Crippen LogP contribution in [0.4, 0.5) is 0 Å².